The highest BCUT2D eigenvalue weighted by atomic mass is 32.1. The van der Waals surface area contributed by atoms with Gasteiger partial charge in [0.2, 0.25) is 0 Å². The maximum absolute atomic E-state index is 6.67. The molecule has 10 rings (SSSR count). The molecule has 0 aliphatic rings. The van der Waals surface area contributed by atoms with Gasteiger partial charge in [-0.15, -0.1) is 21.5 Å². The number of fused-ring (bicyclic) bond motifs is 4. The first-order valence-corrected chi connectivity index (χ1v) is 15.8. The van der Waals surface area contributed by atoms with Crippen LogP contribution in [0.1, 0.15) is 0 Å². The lowest BCUT2D eigenvalue weighted by Crippen LogP contribution is -1.97. The van der Waals surface area contributed by atoms with Crippen LogP contribution in [0, 0.1) is 0 Å². The summed E-state index contributed by atoms with van der Waals surface area (Å²) in [5.41, 5.74) is 9.05. The fourth-order valence-electron chi connectivity index (χ4n) is 6.57. The lowest BCUT2D eigenvalue weighted by Gasteiger charge is -2.17. The van der Waals surface area contributed by atoms with Gasteiger partial charge in [-0.2, -0.15) is 0 Å². The molecule has 0 atom stereocenters. The van der Waals surface area contributed by atoms with E-state index in [1.165, 1.54) is 10.1 Å². The van der Waals surface area contributed by atoms with Crippen LogP contribution >= 0.6 is 11.3 Å². The van der Waals surface area contributed by atoms with Gasteiger partial charge in [-0.1, -0.05) is 54.6 Å². The lowest BCUT2D eigenvalue weighted by molar-refractivity contribution is 0.632. The molecule has 4 N–H and O–H groups in total. The molecule has 6 heterocycles. The number of imidazole rings is 1. The molecular formula is C37H23N7OS. The van der Waals surface area contributed by atoms with Gasteiger partial charge in [-0.25, -0.2) is 4.98 Å². The van der Waals surface area contributed by atoms with Crippen LogP contribution in [-0.2, 0) is 0 Å². The number of nitrogens with one attached hydrogen (secondary N) is 4. The molecule has 9 heteroatoms. The Morgan fingerprint density at radius 3 is 2.28 bits per heavy atom. The SMILES string of the molecule is c1c[nH]c(-c2c(-c3nnc[nH]3)c(-c3cc4ccccc4o3)c(-c3cc4ccccc4s3)c3[nH]c(-c4cc5ccccc5[nH]4)nc23)c1. The Morgan fingerprint density at radius 2 is 1.48 bits per heavy atom. The first-order valence-electron chi connectivity index (χ1n) is 14.9. The minimum Gasteiger partial charge on any atom is -0.456 e. The zero-order chi connectivity index (χ0) is 30.2. The maximum atomic E-state index is 6.67. The van der Waals surface area contributed by atoms with Gasteiger partial charge >= 0.3 is 0 Å². The molecule has 0 spiro atoms. The van der Waals surface area contributed by atoms with Crippen LogP contribution in [-0.4, -0.2) is 35.1 Å². The molecular weight excluding hydrogens is 591 g/mol. The number of aromatic amines is 4. The second-order valence-electron chi connectivity index (χ2n) is 11.3. The Labute approximate surface area is 264 Å². The second-order valence-corrected chi connectivity index (χ2v) is 12.4. The summed E-state index contributed by atoms with van der Waals surface area (Å²) >= 11 is 1.75. The Balaban J connectivity index is 1.41. The van der Waals surface area contributed by atoms with Crippen molar-refractivity contribution in [2.45, 2.75) is 0 Å². The summed E-state index contributed by atoms with van der Waals surface area (Å²) in [6.45, 7) is 0. The molecule has 0 unspecified atom stereocenters. The Morgan fingerprint density at radius 1 is 0.630 bits per heavy atom. The fraction of sp³-hybridized carbons (Fsp3) is 0. The predicted octanol–water partition coefficient (Wildman–Crippen LogP) is 9.79. The van der Waals surface area contributed by atoms with E-state index < -0.39 is 0 Å². The fourth-order valence-corrected chi connectivity index (χ4v) is 7.69. The van der Waals surface area contributed by atoms with Crippen molar-refractivity contribution < 1.29 is 4.42 Å². The van der Waals surface area contributed by atoms with E-state index in [4.69, 9.17) is 9.40 Å². The first-order chi connectivity index (χ1) is 22.8. The summed E-state index contributed by atoms with van der Waals surface area (Å²) in [6.07, 6.45) is 3.54. The van der Waals surface area contributed by atoms with Crippen LogP contribution in [0.2, 0.25) is 0 Å². The van der Waals surface area contributed by atoms with Crippen LogP contribution in [0.25, 0.3) is 98.9 Å². The van der Waals surface area contributed by atoms with Crippen LogP contribution in [0.3, 0.4) is 0 Å². The highest BCUT2D eigenvalue weighted by Gasteiger charge is 2.30. The quantitative estimate of drug-likeness (QED) is 0.155. The summed E-state index contributed by atoms with van der Waals surface area (Å²) in [6, 6.07) is 35.4. The summed E-state index contributed by atoms with van der Waals surface area (Å²) in [5, 5.41) is 12.1. The molecule has 10 aromatic rings. The van der Waals surface area contributed by atoms with Crippen molar-refractivity contribution in [1.82, 2.24) is 35.1 Å². The third kappa shape index (κ3) is 3.75. The number of hydrogen-bond acceptors (Lipinski definition) is 5. The molecule has 0 fully saturated rings. The minimum atomic E-state index is 0.625. The third-order valence-corrected chi connectivity index (χ3v) is 9.72. The number of furan rings is 1. The van der Waals surface area contributed by atoms with E-state index in [-0.39, 0.29) is 0 Å². The smallest absolute Gasteiger partial charge is 0.162 e. The van der Waals surface area contributed by atoms with Crippen molar-refractivity contribution in [1.29, 1.82) is 0 Å². The van der Waals surface area contributed by atoms with Gasteiger partial charge in [0.1, 0.15) is 17.7 Å². The third-order valence-electron chi connectivity index (χ3n) is 8.59. The van der Waals surface area contributed by atoms with Gasteiger partial charge in [0, 0.05) is 60.0 Å². The molecule has 6 aromatic heterocycles. The minimum absolute atomic E-state index is 0.625. The van der Waals surface area contributed by atoms with Gasteiger partial charge in [-0.3, -0.25) is 0 Å². The average Bonchev–Trinajstić information content (AvgIpc) is 3.92. The molecule has 0 aliphatic heterocycles. The van der Waals surface area contributed by atoms with Gasteiger partial charge in [0.15, 0.2) is 11.6 Å². The molecule has 0 amide bonds. The van der Waals surface area contributed by atoms with Crippen molar-refractivity contribution in [3.05, 3.63) is 116 Å². The molecule has 0 bridgehead atoms. The summed E-state index contributed by atoms with van der Waals surface area (Å²) in [7, 11) is 0. The van der Waals surface area contributed by atoms with Gasteiger partial charge < -0.3 is 24.4 Å². The Bertz CT molecular complexity index is 2610. The second kappa shape index (κ2) is 9.65. The van der Waals surface area contributed by atoms with Crippen molar-refractivity contribution in [2.75, 3.05) is 0 Å². The number of rotatable bonds is 5. The largest absolute Gasteiger partial charge is 0.456 e. The molecule has 0 radical (unpaired) electrons. The monoisotopic (exact) mass is 613 g/mol. The number of benzene rings is 4. The molecule has 8 nitrogen and oxygen atoms in total. The van der Waals surface area contributed by atoms with E-state index in [0.29, 0.717) is 5.82 Å². The highest BCUT2D eigenvalue weighted by molar-refractivity contribution is 7.22. The molecule has 4 aromatic carbocycles. The normalized spacial score (nSPS) is 11.9. The van der Waals surface area contributed by atoms with Crippen molar-refractivity contribution in [3.63, 3.8) is 0 Å². The summed E-state index contributed by atoms with van der Waals surface area (Å²) < 4.78 is 7.87. The number of thiophene rings is 1. The van der Waals surface area contributed by atoms with E-state index in [9.17, 15) is 0 Å². The zero-order valence-electron chi connectivity index (χ0n) is 24.1. The van der Waals surface area contributed by atoms with Crippen LogP contribution in [0.5, 0.6) is 0 Å². The van der Waals surface area contributed by atoms with E-state index >= 15 is 0 Å². The number of nitrogens with zero attached hydrogens (tertiary/aromatic N) is 3. The summed E-state index contributed by atoms with van der Waals surface area (Å²) in [5.74, 6) is 2.10. The predicted molar refractivity (Wildman–Crippen MR) is 185 cm³/mol. The molecule has 0 aliphatic carbocycles. The highest BCUT2D eigenvalue weighted by Crippen LogP contribution is 2.52. The molecule has 218 valence electrons. The van der Waals surface area contributed by atoms with Gasteiger partial charge in [0.25, 0.3) is 0 Å². The average molecular weight is 614 g/mol. The maximum Gasteiger partial charge on any atom is 0.162 e. The van der Waals surface area contributed by atoms with Gasteiger partial charge in [-0.05, 0) is 53.9 Å². The van der Waals surface area contributed by atoms with Gasteiger partial charge in [0.05, 0.1) is 16.7 Å². The number of H-pyrrole nitrogens is 4. The Hall–Kier alpha value is -6.19. The van der Waals surface area contributed by atoms with Crippen molar-refractivity contribution in [3.8, 4) is 55.9 Å². The number of aromatic nitrogens is 7. The Kier molecular flexibility index (Phi) is 5.28. The van der Waals surface area contributed by atoms with E-state index in [2.05, 4.69) is 96.9 Å². The topological polar surface area (TPSA) is 115 Å². The van der Waals surface area contributed by atoms with Crippen molar-refractivity contribution in [2.24, 2.45) is 0 Å². The van der Waals surface area contributed by atoms with Crippen LogP contribution in [0.15, 0.2) is 120 Å². The lowest BCUT2D eigenvalue weighted by atomic mass is 9.89. The summed E-state index contributed by atoms with van der Waals surface area (Å²) in [4.78, 5) is 20.5. The van der Waals surface area contributed by atoms with Crippen LogP contribution in [0.4, 0.5) is 0 Å². The molecule has 0 saturated carbocycles. The van der Waals surface area contributed by atoms with E-state index in [1.54, 1.807) is 17.7 Å². The zero-order valence-corrected chi connectivity index (χ0v) is 24.9. The standard InChI is InChI=1S/C37H23N7OS/c1-4-11-23-20(8-1)16-25(41-23)36-42-34-30(24-12-7-15-38-24)33(37-39-19-40-44-37)31(27-17-21-9-2-5-13-26(21)45-27)32(35(34)43-36)29-18-22-10-3-6-14-28(22)46-29/h1-19,38,41H,(H,42,43)(H,39,40,44). The first kappa shape index (κ1) is 25.2. The number of para-hydroxylation sites is 2. The van der Waals surface area contributed by atoms with Crippen LogP contribution < -0.4 is 0 Å². The van der Waals surface area contributed by atoms with Crippen molar-refractivity contribution >= 4 is 54.3 Å². The number of hydrogen-bond donors (Lipinski definition) is 4. The molecule has 46 heavy (non-hydrogen) atoms. The van der Waals surface area contributed by atoms with E-state index in [0.717, 1.165) is 83.0 Å². The van der Waals surface area contributed by atoms with E-state index in [1.807, 2.05) is 42.6 Å². The molecule has 0 saturated heterocycles.